The van der Waals surface area contributed by atoms with Gasteiger partial charge in [-0.2, -0.15) is 0 Å². The van der Waals surface area contributed by atoms with E-state index < -0.39 is 0 Å². The Bertz CT molecular complexity index is 342. The van der Waals surface area contributed by atoms with Crippen LogP contribution in [0.5, 0.6) is 0 Å². The standard InChI is InChI=1S/C13H19FO2/c1-13(2,3)11-5-4-6-12(14)10(11)9-16-8-7-15/h4-6,15H,7-9H2,1-3H3. The Morgan fingerprint density at radius 3 is 2.56 bits per heavy atom. The molecular weight excluding hydrogens is 207 g/mol. The monoisotopic (exact) mass is 226 g/mol. The van der Waals surface area contributed by atoms with Gasteiger partial charge in [-0.15, -0.1) is 0 Å². The number of ether oxygens (including phenoxy) is 1. The molecule has 0 aliphatic heterocycles. The Labute approximate surface area is 96.1 Å². The molecule has 1 N–H and O–H groups in total. The van der Waals surface area contributed by atoms with Crippen LogP contribution >= 0.6 is 0 Å². The maximum atomic E-state index is 13.7. The van der Waals surface area contributed by atoms with Crippen LogP contribution in [-0.2, 0) is 16.8 Å². The number of hydrogen-bond acceptors (Lipinski definition) is 2. The average molecular weight is 226 g/mol. The van der Waals surface area contributed by atoms with E-state index in [1.807, 2.05) is 26.8 Å². The zero-order valence-electron chi connectivity index (χ0n) is 10.1. The van der Waals surface area contributed by atoms with E-state index in [2.05, 4.69) is 0 Å². The quantitative estimate of drug-likeness (QED) is 0.800. The van der Waals surface area contributed by atoms with Crippen molar-refractivity contribution in [3.8, 4) is 0 Å². The molecule has 3 heteroatoms. The fourth-order valence-electron chi connectivity index (χ4n) is 1.65. The lowest BCUT2D eigenvalue weighted by molar-refractivity contribution is 0.0791. The number of hydrogen-bond donors (Lipinski definition) is 1. The Hall–Kier alpha value is -0.930. The largest absolute Gasteiger partial charge is 0.394 e. The maximum Gasteiger partial charge on any atom is 0.129 e. The highest BCUT2D eigenvalue weighted by atomic mass is 19.1. The summed E-state index contributed by atoms with van der Waals surface area (Å²) < 4.78 is 18.9. The van der Waals surface area contributed by atoms with E-state index >= 15 is 0 Å². The zero-order valence-corrected chi connectivity index (χ0v) is 10.1. The normalized spacial score (nSPS) is 11.8. The third kappa shape index (κ3) is 3.29. The molecule has 0 saturated carbocycles. The second-order valence-corrected chi connectivity index (χ2v) is 4.79. The van der Waals surface area contributed by atoms with Crippen LogP contribution in [0.1, 0.15) is 31.9 Å². The van der Waals surface area contributed by atoms with Gasteiger partial charge in [-0.05, 0) is 17.0 Å². The topological polar surface area (TPSA) is 29.5 Å². The second kappa shape index (κ2) is 5.41. The van der Waals surface area contributed by atoms with Gasteiger partial charge in [-0.25, -0.2) is 4.39 Å². The van der Waals surface area contributed by atoms with Crippen molar-refractivity contribution in [1.82, 2.24) is 0 Å². The van der Waals surface area contributed by atoms with Crippen LogP contribution in [0.15, 0.2) is 18.2 Å². The summed E-state index contributed by atoms with van der Waals surface area (Å²) in [5.41, 5.74) is 1.42. The molecule has 0 heterocycles. The summed E-state index contributed by atoms with van der Waals surface area (Å²) in [4.78, 5) is 0. The van der Waals surface area contributed by atoms with Gasteiger partial charge >= 0.3 is 0 Å². The van der Waals surface area contributed by atoms with Crippen LogP contribution in [0.3, 0.4) is 0 Å². The van der Waals surface area contributed by atoms with E-state index in [0.717, 1.165) is 5.56 Å². The minimum Gasteiger partial charge on any atom is -0.394 e. The molecule has 0 aliphatic rings. The van der Waals surface area contributed by atoms with Gasteiger partial charge in [0.25, 0.3) is 0 Å². The summed E-state index contributed by atoms with van der Waals surface area (Å²) in [6, 6.07) is 5.07. The molecule has 0 aromatic heterocycles. The molecule has 0 bridgehead atoms. The molecule has 0 spiro atoms. The molecule has 0 radical (unpaired) electrons. The highest BCUT2D eigenvalue weighted by Gasteiger charge is 2.20. The first-order valence-electron chi connectivity index (χ1n) is 5.43. The zero-order chi connectivity index (χ0) is 12.2. The molecule has 1 aromatic rings. The fraction of sp³-hybridized carbons (Fsp3) is 0.538. The first-order valence-corrected chi connectivity index (χ1v) is 5.43. The summed E-state index contributed by atoms with van der Waals surface area (Å²) >= 11 is 0. The van der Waals surface area contributed by atoms with Gasteiger partial charge in [0.05, 0.1) is 19.8 Å². The predicted molar refractivity (Wildman–Crippen MR) is 61.8 cm³/mol. The third-order valence-corrected chi connectivity index (χ3v) is 2.41. The second-order valence-electron chi connectivity index (χ2n) is 4.79. The molecule has 0 amide bonds. The van der Waals surface area contributed by atoms with Crippen molar-refractivity contribution in [2.45, 2.75) is 32.8 Å². The molecule has 0 unspecified atom stereocenters. The van der Waals surface area contributed by atoms with Gasteiger partial charge in [-0.1, -0.05) is 32.9 Å². The van der Waals surface area contributed by atoms with E-state index in [4.69, 9.17) is 9.84 Å². The first kappa shape index (κ1) is 13.1. The third-order valence-electron chi connectivity index (χ3n) is 2.41. The minimum atomic E-state index is -0.245. The highest BCUT2D eigenvalue weighted by molar-refractivity contribution is 5.33. The molecule has 0 atom stereocenters. The average Bonchev–Trinajstić information content (AvgIpc) is 2.19. The summed E-state index contributed by atoms with van der Waals surface area (Å²) in [6.45, 7) is 6.52. The van der Waals surface area contributed by atoms with Crippen LogP contribution in [0.4, 0.5) is 4.39 Å². The van der Waals surface area contributed by atoms with Crippen LogP contribution < -0.4 is 0 Å². The number of benzene rings is 1. The lowest BCUT2D eigenvalue weighted by atomic mass is 9.84. The van der Waals surface area contributed by atoms with Crippen molar-refractivity contribution in [1.29, 1.82) is 0 Å². The van der Waals surface area contributed by atoms with Gasteiger partial charge < -0.3 is 9.84 Å². The summed E-state index contributed by atoms with van der Waals surface area (Å²) in [5.74, 6) is -0.245. The van der Waals surface area contributed by atoms with Gasteiger partial charge in [0.2, 0.25) is 0 Å². The molecule has 16 heavy (non-hydrogen) atoms. The summed E-state index contributed by atoms with van der Waals surface area (Å²) in [7, 11) is 0. The highest BCUT2D eigenvalue weighted by Crippen LogP contribution is 2.27. The van der Waals surface area contributed by atoms with Crippen molar-refractivity contribution < 1.29 is 14.2 Å². The lowest BCUT2D eigenvalue weighted by Gasteiger charge is -2.23. The Kier molecular flexibility index (Phi) is 4.44. The molecule has 1 rings (SSSR count). The molecule has 2 nitrogen and oxygen atoms in total. The maximum absolute atomic E-state index is 13.7. The van der Waals surface area contributed by atoms with E-state index in [1.54, 1.807) is 6.07 Å². The van der Waals surface area contributed by atoms with E-state index in [9.17, 15) is 4.39 Å². The number of aliphatic hydroxyl groups is 1. The molecule has 90 valence electrons. The number of rotatable bonds is 4. The Balaban J connectivity index is 2.95. The van der Waals surface area contributed by atoms with Crippen molar-refractivity contribution in [3.05, 3.63) is 35.1 Å². The fourth-order valence-corrected chi connectivity index (χ4v) is 1.65. The Morgan fingerprint density at radius 2 is 2.00 bits per heavy atom. The van der Waals surface area contributed by atoms with Gasteiger partial charge in [0, 0.05) is 5.56 Å². The lowest BCUT2D eigenvalue weighted by Crippen LogP contribution is -2.16. The van der Waals surface area contributed by atoms with Crippen molar-refractivity contribution in [2.75, 3.05) is 13.2 Å². The smallest absolute Gasteiger partial charge is 0.129 e. The predicted octanol–water partition coefficient (Wildman–Crippen LogP) is 2.63. The van der Waals surface area contributed by atoms with Crippen LogP contribution in [-0.4, -0.2) is 18.3 Å². The van der Waals surface area contributed by atoms with E-state index in [1.165, 1.54) is 6.07 Å². The molecule has 0 saturated heterocycles. The number of halogens is 1. The summed E-state index contributed by atoms with van der Waals surface area (Å²) in [6.07, 6.45) is 0. The minimum absolute atomic E-state index is 0.0424. The van der Waals surface area contributed by atoms with Crippen molar-refractivity contribution in [3.63, 3.8) is 0 Å². The summed E-state index contributed by atoms with van der Waals surface area (Å²) in [5, 5.41) is 8.62. The van der Waals surface area contributed by atoms with Crippen LogP contribution in [0.25, 0.3) is 0 Å². The molecule has 1 aromatic carbocycles. The van der Waals surface area contributed by atoms with Crippen molar-refractivity contribution >= 4 is 0 Å². The van der Waals surface area contributed by atoms with Gasteiger partial charge in [-0.3, -0.25) is 0 Å². The Morgan fingerprint density at radius 1 is 1.31 bits per heavy atom. The molecule has 0 fully saturated rings. The SMILES string of the molecule is CC(C)(C)c1cccc(F)c1COCCO. The van der Waals surface area contributed by atoms with Crippen molar-refractivity contribution in [2.24, 2.45) is 0 Å². The van der Waals surface area contributed by atoms with Crippen LogP contribution in [0.2, 0.25) is 0 Å². The van der Waals surface area contributed by atoms with Gasteiger partial charge in [0.1, 0.15) is 5.82 Å². The molecular formula is C13H19FO2. The van der Waals surface area contributed by atoms with Gasteiger partial charge in [0.15, 0.2) is 0 Å². The van der Waals surface area contributed by atoms with E-state index in [0.29, 0.717) is 5.56 Å². The molecule has 0 aliphatic carbocycles. The van der Waals surface area contributed by atoms with Crippen LogP contribution in [0, 0.1) is 5.82 Å². The first-order chi connectivity index (χ1) is 7.46. The van der Waals surface area contributed by atoms with E-state index in [-0.39, 0.29) is 31.1 Å². The number of aliphatic hydroxyl groups excluding tert-OH is 1.